The highest BCUT2D eigenvalue weighted by molar-refractivity contribution is 5.70. The van der Waals surface area contributed by atoms with Crippen molar-refractivity contribution in [3.05, 3.63) is 93.6 Å². The molecule has 0 radical (unpaired) electrons. The van der Waals surface area contributed by atoms with E-state index < -0.39 is 57.3 Å². The highest BCUT2D eigenvalue weighted by Crippen LogP contribution is 2.38. The summed E-state index contributed by atoms with van der Waals surface area (Å²) in [5, 5.41) is 8.76. The van der Waals surface area contributed by atoms with Crippen LogP contribution in [0.5, 0.6) is 0 Å². The monoisotopic (exact) mass is 505 g/mol. The van der Waals surface area contributed by atoms with Gasteiger partial charge in [-0.15, -0.1) is 0 Å². The summed E-state index contributed by atoms with van der Waals surface area (Å²) >= 11 is 0. The van der Waals surface area contributed by atoms with Gasteiger partial charge < -0.3 is 4.74 Å². The van der Waals surface area contributed by atoms with Gasteiger partial charge in [-0.05, 0) is 59.5 Å². The first kappa shape index (κ1) is 26.8. The van der Waals surface area contributed by atoms with Gasteiger partial charge in [0.2, 0.25) is 0 Å². The Balaban J connectivity index is 1.97. The van der Waals surface area contributed by atoms with Gasteiger partial charge in [-0.25, -0.2) is 17.6 Å². The molecule has 0 saturated heterocycles. The van der Waals surface area contributed by atoms with E-state index in [1.807, 2.05) is 6.92 Å². The molecule has 0 aliphatic carbocycles. The van der Waals surface area contributed by atoms with Crippen LogP contribution in [0.3, 0.4) is 0 Å². The molecular weight excluding hydrogens is 487 g/mol. The van der Waals surface area contributed by atoms with Crippen molar-refractivity contribution < 1.29 is 35.5 Å². The van der Waals surface area contributed by atoms with Gasteiger partial charge in [0.05, 0.1) is 17.7 Å². The Kier molecular flexibility index (Phi) is 8.39. The summed E-state index contributed by atoms with van der Waals surface area (Å²) in [6.45, 7) is 2.39. The van der Waals surface area contributed by atoms with Gasteiger partial charge in [0, 0.05) is 12.2 Å². The number of hydrogen-bond donors (Lipinski definition) is 0. The first-order chi connectivity index (χ1) is 17.0. The molecule has 3 rings (SSSR count). The summed E-state index contributed by atoms with van der Waals surface area (Å²) in [5.41, 5.74) is -3.79. The van der Waals surface area contributed by atoms with Crippen LogP contribution in [-0.2, 0) is 17.5 Å². The van der Waals surface area contributed by atoms with Gasteiger partial charge in [-0.1, -0.05) is 31.3 Å². The number of unbranched alkanes of at least 4 members (excludes halogenated alkanes) is 1. The minimum atomic E-state index is -4.94. The van der Waals surface area contributed by atoms with E-state index in [1.54, 1.807) is 0 Å². The fourth-order valence-corrected chi connectivity index (χ4v) is 3.34. The second-order valence-electron chi connectivity index (χ2n) is 7.78. The quantitative estimate of drug-likeness (QED) is 0.197. The van der Waals surface area contributed by atoms with Gasteiger partial charge in [0.15, 0.2) is 0 Å². The normalized spacial score (nSPS) is 11.1. The summed E-state index contributed by atoms with van der Waals surface area (Å²) in [4.78, 5) is 0. The van der Waals surface area contributed by atoms with E-state index in [-0.39, 0.29) is 17.7 Å². The second-order valence-corrected chi connectivity index (χ2v) is 7.78. The number of halogens is 7. The molecule has 0 atom stereocenters. The molecule has 0 saturated carbocycles. The minimum Gasteiger partial charge on any atom is -0.377 e. The Morgan fingerprint density at radius 1 is 0.833 bits per heavy atom. The van der Waals surface area contributed by atoms with Crippen LogP contribution >= 0.6 is 0 Å². The predicted octanol–water partition coefficient (Wildman–Crippen LogP) is 7.52. The van der Waals surface area contributed by atoms with E-state index in [4.69, 9.17) is 10.00 Å². The SMILES string of the molecule is CCCCOCc1cc(F)c(C#Cc2ccc(-c3cc(F)c(C#N)c(F)c3)c(C(F)(F)F)c2)c(F)c1. The van der Waals surface area contributed by atoms with E-state index in [9.17, 15) is 30.7 Å². The van der Waals surface area contributed by atoms with Crippen LogP contribution in [-0.4, -0.2) is 6.61 Å². The first-order valence-corrected chi connectivity index (χ1v) is 10.7. The standard InChI is InChI=1S/C27H18F7NO/c1-2-3-8-36-15-17-10-23(28)20(24(29)11-17)7-5-16-4-6-19(22(9-16)27(32,33)34)18-12-25(30)21(14-35)26(31)13-18/h4,6,9-13H,2-3,8,15H2,1H3. The summed E-state index contributed by atoms with van der Waals surface area (Å²) < 4.78 is 103. The lowest BCUT2D eigenvalue weighted by Gasteiger charge is -2.14. The smallest absolute Gasteiger partial charge is 0.377 e. The van der Waals surface area contributed by atoms with E-state index in [0.29, 0.717) is 24.8 Å². The van der Waals surface area contributed by atoms with Crippen molar-refractivity contribution >= 4 is 0 Å². The van der Waals surface area contributed by atoms with Crippen molar-refractivity contribution in [3.63, 3.8) is 0 Å². The third kappa shape index (κ3) is 6.24. The number of nitrogens with zero attached hydrogens (tertiary/aromatic N) is 1. The fourth-order valence-electron chi connectivity index (χ4n) is 3.34. The maximum absolute atomic E-state index is 14.4. The maximum Gasteiger partial charge on any atom is 0.417 e. The van der Waals surface area contributed by atoms with E-state index in [2.05, 4.69) is 11.8 Å². The number of benzene rings is 3. The molecule has 0 bridgehead atoms. The molecule has 36 heavy (non-hydrogen) atoms. The van der Waals surface area contributed by atoms with Crippen LogP contribution in [0.2, 0.25) is 0 Å². The number of hydrogen-bond acceptors (Lipinski definition) is 2. The molecule has 3 aromatic rings. The van der Waals surface area contributed by atoms with Gasteiger partial charge in [0.1, 0.15) is 34.9 Å². The van der Waals surface area contributed by atoms with Crippen molar-refractivity contribution in [3.8, 4) is 29.0 Å². The van der Waals surface area contributed by atoms with Crippen LogP contribution in [0.15, 0.2) is 42.5 Å². The Morgan fingerprint density at radius 2 is 1.44 bits per heavy atom. The van der Waals surface area contributed by atoms with E-state index in [0.717, 1.165) is 37.1 Å². The van der Waals surface area contributed by atoms with Crippen molar-refractivity contribution in [1.82, 2.24) is 0 Å². The minimum absolute atomic E-state index is 0.00547. The molecule has 0 N–H and O–H groups in total. The molecule has 0 amide bonds. The molecule has 0 fully saturated rings. The first-order valence-electron chi connectivity index (χ1n) is 10.7. The maximum atomic E-state index is 14.4. The molecule has 3 aromatic carbocycles. The summed E-state index contributed by atoms with van der Waals surface area (Å²) in [6.07, 6.45) is -3.25. The fraction of sp³-hybridized carbons (Fsp3) is 0.222. The van der Waals surface area contributed by atoms with Gasteiger partial charge in [-0.2, -0.15) is 18.4 Å². The average Bonchev–Trinajstić information content (AvgIpc) is 2.80. The number of rotatable bonds is 6. The lowest BCUT2D eigenvalue weighted by atomic mass is 9.96. The molecule has 0 aliphatic heterocycles. The zero-order chi connectivity index (χ0) is 26.5. The van der Waals surface area contributed by atoms with E-state index in [1.165, 1.54) is 6.07 Å². The van der Waals surface area contributed by atoms with Gasteiger partial charge in [-0.3, -0.25) is 0 Å². The number of alkyl halides is 3. The largest absolute Gasteiger partial charge is 0.417 e. The van der Waals surface area contributed by atoms with Crippen molar-refractivity contribution in [2.45, 2.75) is 32.5 Å². The lowest BCUT2D eigenvalue weighted by molar-refractivity contribution is -0.137. The molecule has 2 nitrogen and oxygen atoms in total. The molecule has 9 heteroatoms. The molecule has 0 aliphatic rings. The van der Waals surface area contributed by atoms with Crippen LogP contribution < -0.4 is 0 Å². The molecule has 0 aromatic heterocycles. The Labute approximate surface area is 202 Å². The Bertz CT molecular complexity index is 1330. The summed E-state index contributed by atoms with van der Waals surface area (Å²) in [7, 11) is 0. The molecular formula is C27H18F7NO. The zero-order valence-corrected chi connectivity index (χ0v) is 18.9. The van der Waals surface area contributed by atoms with Crippen molar-refractivity contribution in [2.75, 3.05) is 6.61 Å². The highest BCUT2D eigenvalue weighted by Gasteiger charge is 2.34. The Hall–Kier alpha value is -3.82. The third-order valence-corrected chi connectivity index (χ3v) is 5.13. The third-order valence-electron chi connectivity index (χ3n) is 5.13. The second kappa shape index (κ2) is 11.3. The summed E-state index contributed by atoms with van der Waals surface area (Å²) in [6, 6.07) is 7.29. The molecule has 0 unspecified atom stereocenters. The molecule has 0 heterocycles. The lowest BCUT2D eigenvalue weighted by Crippen LogP contribution is -2.08. The number of ether oxygens (including phenoxy) is 1. The Morgan fingerprint density at radius 3 is 2.00 bits per heavy atom. The highest BCUT2D eigenvalue weighted by atomic mass is 19.4. The predicted molar refractivity (Wildman–Crippen MR) is 118 cm³/mol. The average molecular weight is 505 g/mol. The van der Waals surface area contributed by atoms with Gasteiger partial charge in [0.25, 0.3) is 0 Å². The van der Waals surface area contributed by atoms with Crippen molar-refractivity contribution in [1.29, 1.82) is 5.26 Å². The van der Waals surface area contributed by atoms with Gasteiger partial charge >= 0.3 is 6.18 Å². The van der Waals surface area contributed by atoms with Crippen LogP contribution in [0.1, 0.15) is 47.6 Å². The molecule has 186 valence electrons. The van der Waals surface area contributed by atoms with Crippen molar-refractivity contribution in [2.24, 2.45) is 0 Å². The topological polar surface area (TPSA) is 33.0 Å². The summed E-state index contributed by atoms with van der Waals surface area (Å²) in [5.74, 6) is -0.0968. The zero-order valence-electron chi connectivity index (χ0n) is 18.9. The number of nitriles is 1. The van der Waals surface area contributed by atoms with Crippen LogP contribution in [0, 0.1) is 46.4 Å². The van der Waals surface area contributed by atoms with Crippen LogP contribution in [0.25, 0.3) is 11.1 Å². The van der Waals surface area contributed by atoms with E-state index >= 15 is 0 Å². The van der Waals surface area contributed by atoms with Crippen LogP contribution in [0.4, 0.5) is 30.7 Å². The molecule has 0 spiro atoms.